The Hall–Kier alpha value is -1.68. The van der Waals surface area contributed by atoms with Crippen LogP contribution in [-0.2, 0) is 16.8 Å². The van der Waals surface area contributed by atoms with E-state index in [1.54, 1.807) is 0 Å². The van der Waals surface area contributed by atoms with E-state index in [1.165, 1.54) is 87.9 Å². The number of piperidine rings is 2. The summed E-state index contributed by atoms with van der Waals surface area (Å²) in [4.78, 5) is 5.50. The molecule has 2 fully saturated rings. The van der Waals surface area contributed by atoms with Crippen molar-refractivity contribution < 1.29 is 4.74 Å². The minimum absolute atomic E-state index is 0.0117. The highest BCUT2D eigenvalue weighted by Crippen LogP contribution is 2.42. The molecular formula is C28H38N2O. The molecule has 2 saturated heterocycles. The largest absolute Gasteiger partial charge is 0.375 e. The van der Waals surface area contributed by atoms with Crippen LogP contribution >= 0.6 is 0 Å². The monoisotopic (exact) mass is 418 g/mol. The van der Waals surface area contributed by atoms with E-state index in [4.69, 9.17) is 4.74 Å². The topological polar surface area (TPSA) is 15.7 Å². The SMILES string of the molecule is c1ccc(C2(CCCN3CCC(N4CCCCC4)CC3)COCc3ccccc32)cc1. The van der Waals surface area contributed by atoms with Gasteiger partial charge in [0.25, 0.3) is 0 Å². The maximum absolute atomic E-state index is 6.17. The maximum atomic E-state index is 6.17. The van der Waals surface area contributed by atoms with Crippen LogP contribution in [0.1, 0.15) is 61.6 Å². The van der Waals surface area contributed by atoms with E-state index in [-0.39, 0.29) is 5.41 Å². The van der Waals surface area contributed by atoms with Crippen LogP contribution in [0.5, 0.6) is 0 Å². The average molecular weight is 419 g/mol. The molecule has 5 rings (SSSR count). The summed E-state index contributed by atoms with van der Waals surface area (Å²) in [5, 5.41) is 0. The summed E-state index contributed by atoms with van der Waals surface area (Å²) in [5.41, 5.74) is 4.24. The lowest BCUT2D eigenvalue weighted by atomic mass is 9.69. The number of hydrogen-bond acceptors (Lipinski definition) is 3. The van der Waals surface area contributed by atoms with Gasteiger partial charge in [-0.2, -0.15) is 0 Å². The summed E-state index contributed by atoms with van der Waals surface area (Å²) in [5.74, 6) is 0. The number of ether oxygens (including phenoxy) is 1. The van der Waals surface area contributed by atoms with E-state index >= 15 is 0 Å². The van der Waals surface area contributed by atoms with Crippen molar-refractivity contribution in [3.63, 3.8) is 0 Å². The zero-order valence-electron chi connectivity index (χ0n) is 19.0. The summed E-state index contributed by atoms with van der Waals surface area (Å²) < 4.78 is 6.17. The highest BCUT2D eigenvalue weighted by atomic mass is 16.5. The number of hydrogen-bond donors (Lipinski definition) is 0. The molecule has 2 aromatic rings. The number of nitrogens with zero attached hydrogens (tertiary/aromatic N) is 2. The van der Waals surface area contributed by atoms with Crippen molar-refractivity contribution in [3.8, 4) is 0 Å². The minimum Gasteiger partial charge on any atom is -0.375 e. The summed E-state index contributed by atoms with van der Waals surface area (Å²) in [6, 6.07) is 20.9. The Kier molecular flexibility index (Phi) is 6.73. The number of rotatable bonds is 6. The number of fused-ring (bicyclic) bond motifs is 1. The molecule has 3 heterocycles. The second-order valence-electron chi connectivity index (χ2n) is 9.87. The van der Waals surface area contributed by atoms with Gasteiger partial charge in [0, 0.05) is 11.5 Å². The summed E-state index contributed by atoms with van der Waals surface area (Å²) in [6.45, 7) is 7.97. The van der Waals surface area contributed by atoms with Crippen molar-refractivity contribution >= 4 is 0 Å². The summed E-state index contributed by atoms with van der Waals surface area (Å²) in [6.07, 6.45) is 9.34. The van der Waals surface area contributed by atoms with Gasteiger partial charge in [-0.25, -0.2) is 0 Å². The molecular weight excluding hydrogens is 380 g/mol. The molecule has 3 heteroatoms. The standard InChI is InChI=1S/C28H38N2O/c1-3-11-25(12-4-1)28(23-31-22-24-10-5-6-13-27(24)28)16-9-17-29-20-14-26(15-21-29)30-18-7-2-8-19-30/h1,3-6,10-13,26H,2,7-9,14-23H2. The lowest BCUT2D eigenvalue weighted by Gasteiger charge is -2.42. The van der Waals surface area contributed by atoms with E-state index in [0.29, 0.717) is 0 Å². The first-order valence-corrected chi connectivity index (χ1v) is 12.5. The van der Waals surface area contributed by atoms with Gasteiger partial charge < -0.3 is 14.5 Å². The lowest BCUT2D eigenvalue weighted by Crippen LogP contribution is -2.47. The molecule has 3 nitrogen and oxygen atoms in total. The third-order valence-electron chi connectivity index (χ3n) is 8.01. The van der Waals surface area contributed by atoms with Crippen LogP contribution in [0, 0.1) is 0 Å². The Balaban J connectivity index is 1.23. The lowest BCUT2D eigenvalue weighted by molar-refractivity contribution is 0.0578. The van der Waals surface area contributed by atoms with Crippen LogP contribution in [0.2, 0.25) is 0 Å². The fourth-order valence-electron chi connectivity index (χ4n) is 6.27. The molecule has 0 amide bonds. The molecule has 3 aliphatic heterocycles. The first-order chi connectivity index (χ1) is 15.4. The van der Waals surface area contributed by atoms with E-state index < -0.39 is 0 Å². The van der Waals surface area contributed by atoms with Crippen LogP contribution < -0.4 is 0 Å². The molecule has 0 aliphatic carbocycles. The Morgan fingerprint density at radius 1 is 0.839 bits per heavy atom. The van der Waals surface area contributed by atoms with E-state index in [1.807, 2.05) is 0 Å². The quantitative estimate of drug-likeness (QED) is 0.639. The maximum Gasteiger partial charge on any atom is 0.0720 e. The Labute approximate surface area is 188 Å². The van der Waals surface area contributed by atoms with Gasteiger partial charge in [-0.3, -0.25) is 0 Å². The fourth-order valence-corrected chi connectivity index (χ4v) is 6.27. The zero-order valence-corrected chi connectivity index (χ0v) is 19.0. The van der Waals surface area contributed by atoms with Crippen LogP contribution in [0.4, 0.5) is 0 Å². The molecule has 166 valence electrons. The predicted octanol–water partition coefficient (Wildman–Crippen LogP) is 5.23. The molecule has 0 N–H and O–H groups in total. The fraction of sp³-hybridized carbons (Fsp3) is 0.571. The van der Waals surface area contributed by atoms with Crippen molar-refractivity contribution in [2.45, 2.75) is 63.0 Å². The molecule has 0 saturated carbocycles. The van der Waals surface area contributed by atoms with Crippen molar-refractivity contribution in [1.29, 1.82) is 0 Å². The molecule has 1 atom stereocenters. The van der Waals surface area contributed by atoms with Crippen LogP contribution in [0.25, 0.3) is 0 Å². The molecule has 3 aliphatic rings. The van der Waals surface area contributed by atoms with Crippen molar-refractivity contribution in [1.82, 2.24) is 9.80 Å². The molecule has 1 unspecified atom stereocenters. The van der Waals surface area contributed by atoms with Crippen LogP contribution in [0.15, 0.2) is 54.6 Å². The Morgan fingerprint density at radius 3 is 2.39 bits per heavy atom. The molecule has 2 aromatic carbocycles. The summed E-state index contributed by atoms with van der Waals surface area (Å²) in [7, 11) is 0. The third kappa shape index (κ3) is 4.60. The van der Waals surface area contributed by atoms with Crippen LogP contribution in [0.3, 0.4) is 0 Å². The van der Waals surface area contributed by atoms with Gasteiger partial charge in [-0.1, -0.05) is 61.0 Å². The van der Waals surface area contributed by atoms with Gasteiger partial charge in [0.05, 0.1) is 13.2 Å². The molecule has 0 aromatic heterocycles. The Morgan fingerprint density at radius 2 is 1.58 bits per heavy atom. The van der Waals surface area contributed by atoms with E-state index in [9.17, 15) is 0 Å². The van der Waals surface area contributed by atoms with Gasteiger partial charge >= 0.3 is 0 Å². The normalized spacial score (nSPS) is 25.9. The average Bonchev–Trinajstić information content (AvgIpc) is 2.86. The van der Waals surface area contributed by atoms with Gasteiger partial charge in [0.15, 0.2) is 0 Å². The molecule has 0 radical (unpaired) electrons. The van der Waals surface area contributed by atoms with Crippen LogP contribution in [-0.4, -0.2) is 55.2 Å². The molecule has 31 heavy (non-hydrogen) atoms. The van der Waals surface area contributed by atoms with Crippen molar-refractivity contribution in [3.05, 3.63) is 71.3 Å². The predicted molar refractivity (Wildman–Crippen MR) is 127 cm³/mol. The number of benzene rings is 2. The first kappa shape index (κ1) is 21.2. The number of likely N-dealkylation sites (tertiary alicyclic amines) is 2. The summed E-state index contributed by atoms with van der Waals surface area (Å²) >= 11 is 0. The van der Waals surface area contributed by atoms with Gasteiger partial charge in [0.1, 0.15) is 0 Å². The van der Waals surface area contributed by atoms with Gasteiger partial charge in [0.2, 0.25) is 0 Å². The second-order valence-corrected chi connectivity index (χ2v) is 9.87. The highest BCUT2D eigenvalue weighted by Gasteiger charge is 2.38. The van der Waals surface area contributed by atoms with Gasteiger partial charge in [-0.05, 0) is 87.9 Å². The van der Waals surface area contributed by atoms with E-state index in [2.05, 4.69) is 64.4 Å². The first-order valence-electron chi connectivity index (χ1n) is 12.5. The zero-order chi connectivity index (χ0) is 20.9. The highest BCUT2D eigenvalue weighted by molar-refractivity contribution is 5.45. The molecule has 0 bridgehead atoms. The molecule has 0 spiro atoms. The van der Waals surface area contributed by atoms with E-state index in [0.717, 1.165) is 25.7 Å². The van der Waals surface area contributed by atoms with Gasteiger partial charge in [-0.15, -0.1) is 0 Å². The smallest absolute Gasteiger partial charge is 0.0720 e. The van der Waals surface area contributed by atoms with Crippen molar-refractivity contribution in [2.24, 2.45) is 0 Å². The third-order valence-corrected chi connectivity index (χ3v) is 8.01. The minimum atomic E-state index is -0.0117. The van der Waals surface area contributed by atoms with Crippen molar-refractivity contribution in [2.75, 3.05) is 39.3 Å². The second kappa shape index (κ2) is 9.85. The Bertz CT molecular complexity index is 824.